The maximum atomic E-state index is 8.95. The Morgan fingerprint density at radius 1 is 1.36 bits per heavy atom. The number of hydrogen-bond acceptors (Lipinski definition) is 3. The van der Waals surface area contributed by atoms with Crippen molar-refractivity contribution in [2.75, 3.05) is 26.2 Å². The van der Waals surface area contributed by atoms with E-state index in [-0.39, 0.29) is 5.41 Å². The van der Waals surface area contributed by atoms with Crippen LogP contribution in [0.1, 0.15) is 32.6 Å². The van der Waals surface area contributed by atoms with E-state index in [1.54, 1.807) is 0 Å². The second-order valence-corrected chi connectivity index (χ2v) is 4.44. The summed E-state index contributed by atoms with van der Waals surface area (Å²) in [5.41, 5.74) is -0.0898. The third-order valence-electron chi connectivity index (χ3n) is 3.11. The summed E-state index contributed by atoms with van der Waals surface area (Å²) in [6, 6.07) is 2.40. The molecule has 14 heavy (non-hydrogen) atoms. The maximum absolute atomic E-state index is 8.95. The van der Waals surface area contributed by atoms with Gasteiger partial charge in [-0.25, -0.2) is 0 Å². The van der Waals surface area contributed by atoms with Crippen molar-refractivity contribution in [2.24, 2.45) is 5.41 Å². The predicted octanol–water partition coefficient (Wildman–Crippen LogP) is 1.38. The van der Waals surface area contributed by atoms with Crippen molar-refractivity contribution in [1.29, 1.82) is 5.26 Å². The number of rotatable bonds is 4. The summed E-state index contributed by atoms with van der Waals surface area (Å²) >= 11 is 0. The van der Waals surface area contributed by atoms with Gasteiger partial charge < -0.3 is 10.0 Å². The van der Waals surface area contributed by atoms with E-state index in [9.17, 15) is 0 Å². The average molecular weight is 196 g/mol. The lowest BCUT2D eigenvalue weighted by atomic mass is 9.82. The third-order valence-corrected chi connectivity index (χ3v) is 3.11. The van der Waals surface area contributed by atoms with Crippen molar-refractivity contribution < 1.29 is 5.11 Å². The minimum Gasteiger partial charge on any atom is -0.396 e. The van der Waals surface area contributed by atoms with Crippen molar-refractivity contribution in [3.8, 4) is 6.07 Å². The molecule has 0 radical (unpaired) electrons. The molecule has 1 saturated heterocycles. The number of piperidine rings is 1. The summed E-state index contributed by atoms with van der Waals surface area (Å²) in [6.07, 6.45) is 3.94. The molecule has 1 aliphatic rings. The van der Waals surface area contributed by atoms with E-state index in [4.69, 9.17) is 10.4 Å². The smallest absolute Gasteiger partial charge is 0.0687 e. The number of aliphatic hydroxyl groups is 1. The fourth-order valence-electron chi connectivity index (χ4n) is 1.83. The summed E-state index contributed by atoms with van der Waals surface area (Å²) in [6.45, 7) is 5.49. The standard InChI is InChI=1S/C11H20N2O/c1-11(10-12)4-7-13(8-5-11)6-2-3-9-14/h14H,2-9H2,1H3. The van der Waals surface area contributed by atoms with Crippen LogP contribution in [0.3, 0.4) is 0 Å². The molecular weight excluding hydrogens is 176 g/mol. The normalized spacial score (nSPS) is 21.8. The lowest BCUT2D eigenvalue weighted by Gasteiger charge is -2.34. The molecule has 3 heteroatoms. The van der Waals surface area contributed by atoms with Gasteiger partial charge in [0, 0.05) is 6.61 Å². The van der Waals surface area contributed by atoms with Crippen LogP contribution in [0.25, 0.3) is 0 Å². The molecule has 1 heterocycles. The van der Waals surface area contributed by atoms with Gasteiger partial charge in [-0.15, -0.1) is 0 Å². The predicted molar refractivity (Wildman–Crippen MR) is 55.7 cm³/mol. The van der Waals surface area contributed by atoms with Gasteiger partial charge in [-0.05, 0) is 52.2 Å². The highest BCUT2D eigenvalue weighted by atomic mass is 16.2. The molecule has 0 aromatic rings. The van der Waals surface area contributed by atoms with Crippen LogP contribution in [0, 0.1) is 16.7 Å². The van der Waals surface area contributed by atoms with Gasteiger partial charge in [-0.2, -0.15) is 5.26 Å². The van der Waals surface area contributed by atoms with Gasteiger partial charge in [0.05, 0.1) is 11.5 Å². The van der Waals surface area contributed by atoms with Crippen LogP contribution in [0.5, 0.6) is 0 Å². The molecule has 0 atom stereocenters. The molecule has 1 fully saturated rings. The minimum absolute atomic E-state index is 0.0898. The largest absolute Gasteiger partial charge is 0.396 e. The van der Waals surface area contributed by atoms with Crippen LogP contribution in [0.4, 0.5) is 0 Å². The molecule has 1 N–H and O–H groups in total. The molecule has 1 aliphatic heterocycles. The van der Waals surface area contributed by atoms with Crippen LogP contribution in [0.2, 0.25) is 0 Å². The molecule has 0 aromatic heterocycles. The van der Waals surface area contributed by atoms with Gasteiger partial charge in [-0.1, -0.05) is 0 Å². The summed E-state index contributed by atoms with van der Waals surface area (Å²) < 4.78 is 0. The molecule has 3 nitrogen and oxygen atoms in total. The van der Waals surface area contributed by atoms with E-state index >= 15 is 0 Å². The van der Waals surface area contributed by atoms with Crippen LogP contribution >= 0.6 is 0 Å². The Hall–Kier alpha value is -0.590. The van der Waals surface area contributed by atoms with Crippen molar-refractivity contribution in [1.82, 2.24) is 4.90 Å². The first-order valence-corrected chi connectivity index (χ1v) is 5.45. The summed E-state index contributed by atoms with van der Waals surface area (Å²) in [5.74, 6) is 0. The Bertz CT molecular complexity index is 202. The van der Waals surface area contributed by atoms with Gasteiger partial charge in [-0.3, -0.25) is 0 Å². The first-order valence-electron chi connectivity index (χ1n) is 5.45. The van der Waals surface area contributed by atoms with Crippen molar-refractivity contribution >= 4 is 0 Å². The number of aliphatic hydroxyl groups excluding tert-OH is 1. The molecule has 0 unspecified atom stereocenters. The molecule has 0 aliphatic carbocycles. The monoisotopic (exact) mass is 196 g/mol. The summed E-state index contributed by atoms with van der Waals surface area (Å²) in [7, 11) is 0. The van der Waals surface area contributed by atoms with E-state index in [0.29, 0.717) is 6.61 Å². The SMILES string of the molecule is CC1(C#N)CCN(CCCCO)CC1. The van der Waals surface area contributed by atoms with Gasteiger partial charge in [0.1, 0.15) is 0 Å². The van der Waals surface area contributed by atoms with E-state index in [1.807, 2.05) is 0 Å². The van der Waals surface area contributed by atoms with Crippen LogP contribution in [-0.2, 0) is 0 Å². The fourth-order valence-corrected chi connectivity index (χ4v) is 1.83. The number of unbranched alkanes of at least 4 members (excludes halogenated alkanes) is 1. The van der Waals surface area contributed by atoms with Gasteiger partial charge in [0.2, 0.25) is 0 Å². The molecular formula is C11H20N2O. The molecule has 0 saturated carbocycles. The fraction of sp³-hybridized carbons (Fsp3) is 0.909. The Morgan fingerprint density at radius 2 is 2.00 bits per heavy atom. The highest BCUT2D eigenvalue weighted by Gasteiger charge is 2.29. The van der Waals surface area contributed by atoms with E-state index in [2.05, 4.69) is 17.9 Å². The highest BCUT2D eigenvalue weighted by Crippen LogP contribution is 2.29. The Balaban J connectivity index is 2.20. The van der Waals surface area contributed by atoms with Gasteiger partial charge in [0.15, 0.2) is 0 Å². The first-order chi connectivity index (χ1) is 6.70. The Morgan fingerprint density at radius 3 is 2.50 bits per heavy atom. The Labute approximate surface area is 86.3 Å². The van der Waals surface area contributed by atoms with Crippen molar-refractivity contribution in [3.05, 3.63) is 0 Å². The second kappa shape index (κ2) is 5.33. The molecule has 80 valence electrons. The lowest BCUT2D eigenvalue weighted by molar-refractivity contribution is 0.151. The molecule has 0 spiro atoms. The molecule has 0 aromatic carbocycles. The third kappa shape index (κ3) is 3.28. The number of nitriles is 1. The molecule has 0 bridgehead atoms. The second-order valence-electron chi connectivity index (χ2n) is 4.44. The van der Waals surface area contributed by atoms with Crippen LogP contribution in [0.15, 0.2) is 0 Å². The van der Waals surface area contributed by atoms with Gasteiger partial charge >= 0.3 is 0 Å². The number of likely N-dealkylation sites (tertiary alicyclic amines) is 1. The highest BCUT2D eigenvalue weighted by molar-refractivity contribution is 4.98. The van der Waals surface area contributed by atoms with Crippen molar-refractivity contribution in [3.63, 3.8) is 0 Å². The van der Waals surface area contributed by atoms with E-state index in [1.165, 1.54) is 0 Å². The summed E-state index contributed by atoms with van der Waals surface area (Å²) in [5, 5.41) is 17.6. The lowest BCUT2D eigenvalue weighted by Crippen LogP contribution is -2.38. The quantitative estimate of drug-likeness (QED) is 0.691. The minimum atomic E-state index is -0.0898. The topological polar surface area (TPSA) is 47.3 Å². The van der Waals surface area contributed by atoms with Crippen LogP contribution in [-0.4, -0.2) is 36.2 Å². The average Bonchev–Trinajstić information content (AvgIpc) is 2.22. The van der Waals surface area contributed by atoms with Crippen LogP contribution < -0.4 is 0 Å². The number of nitrogens with zero attached hydrogens (tertiary/aromatic N) is 2. The molecule has 1 rings (SSSR count). The summed E-state index contributed by atoms with van der Waals surface area (Å²) in [4.78, 5) is 2.40. The first kappa shape index (κ1) is 11.5. The maximum Gasteiger partial charge on any atom is 0.0687 e. The van der Waals surface area contributed by atoms with Gasteiger partial charge in [0.25, 0.3) is 0 Å². The number of hydrogen-bond donors (Lipinski definition) is 1. The van der Waals surface area contributed by atoms with E-state index in [0.717, 1.165) is 45.3 Å². The zero-order valence-corrected chi connectivity index (χ0v) is 9.00. The zero-order chi connectivity index (χ0) is 10.4. The van der Waals surface area contributed by atoms with Crippen molar-refractivity contribution in [2.45, 2.75) is 32.6 Å². The Kier molecular flexibility index (Phi) is 4.37. The zero-order valence-electron chi connectivity index (χ0n) is 9.00. The van der Waals surface area contributed by atoms with E-state index < -0.39 is 0 Å². The molecule has 0 amide bonds.